The van der Waals surface area contributed by atoms with Gasteiger partial charge >= 0.3 is 0 Å². The number of anilines is 1. The Bertz CT molecular complexity index is 587. The number of aromatic nitrogens is 2. The van der Waals surface area contributed by atoms with Crippen LogP contribution in [0.1, 0.15) is 11.4 Å². The van der Waals surface area contributed by atoms with Crippen LogP contribution in [0, 0.1) is 13.8 Å². The number of rotatable bonds is 4. The van der Waals surface area contributed by atoms with Crippen molar-refractivity contribution in [3.05, 3.63) is 35.7 Å². The zero-order valence-corrected chi connectivity index (χ0v) is 11.1. The number of aryl methyl sites for hydroxylation is 1. The lowest BCUT2D eigenvalue weighted by Gasteiger charge is -2.12. The Hall–Kier alpha value is -2.34. The summed E-state index contributed by atoms with van der Waals surface area (Å²) >= 11 is 0. The zero-order valence-electron chi connectivity index (χ0n) is 11.1. The van der Waals surface area contributed by atoms with Crippen LogP contribution in [-0.2, 0) is 0 Å². The Kier molecular flexibility index (Phi) is 3.82. The molecular weight excluding hydrogens is 244 g/mol. The molecule has 100 valence electrons. The average Bonchev–Trinajstić information content (AvgIpc) is 2.42. The van der Waals surface area contributed by atoms with Crippen LogP contribution >= 0.6 is 0 Å². The van der Waals surface area contributed by atoms with E-state index in [4.69, 9.17) is 15.3 Å². The number of nitrogens with one attached hydrogen (secondary N) is 1. The molecule has 1 aromatic carbocycles. The predicted molar refractivity (Wildman–Crippen MR) is 72.4 cm³/mol. The molecule has 0 saturated carbocycles. The number of hydrogen-bond acceptors (Lipinski definition) is 6. The van der Waals surface area contributed by atoms with Gasteiger partial charge in [-0.05, 0) is 26.0 Å². The van der Waals surface area contributed by atoms with Crippen LogP contribution in [0.3, 0.4) is 0 Å². The molecule has 0 spiro atoms. The smallest absolute Gasteiger partial charge is 0.227 e. The van der Waals surface area contributed by atoms with E-state index in [0.717, 1.165) is 11.3 Å². The van der Waals surface area contributed by atoms with Crippen molar-refractivity contribution in [1.82, 2.24) is 9.97 Å². The maximum atomic E-state index is 5.75. The highest BCUT2D eigenvalue weighted by atomic mass is 16.5. The van der Waals surface area contributed by atoms with Crippen molar-refractivity contribution >= 4 is 5.82 Å². The van der Waals surface area contributed by atoms with Crippen molar-refractivity contribution in [2.24, 2.45) is 5.84 Å². The molecule has 0 saturated heterocycles. The van der Waals surface area contributed by atoms with Crippen molar-refractivity contribution in [1.29, 1.82) is 0 Å². The quantitative estimate of drug-likeness (QED) is 0.647. The van der Waals surface area contributed by atoms with Crippen LogP contribution in [-0.4, -0.2) is 17.1 Å². The molecule has 1 heterocycles. The van der Waals surface area contributed by atoms with Crippen LogP contribution in [0.4, 0.5) is 5.82 Å². The maximum absolute atomic E-state index is 5.75. The van der Waals surface area contributed by atoms with E-state index in [1.54, 1.807) is 20.1 Å². The molecule has 19 heavy (non-hydrogen) atoms. The second kappa shape index (κ2) is 5.53. The van der Waals surface area contributed by atoms with Gasteiger partial charge in [0.2, 0.25) is 5.88 Å². The molecule has 0 aliphatic carbocycles. The van der Waals surface area contributed by atoms with Gasteiger partial charge in [-0.1, -0.05) is 6.07 Å². The van der Waals surface area contributed by atoms with Gasteiger partial charge in [0, 0.05) is 6.07 Å². The monoisotopic (exact) mass is 260 g/mol. The average molecular weight is 260 g/mol. The molecule has 6 heteroatoms. The van der Waals surface area contributed by atoms with E-state index < -0.39 is 0 Å². The highest BCUT2D eigenvalue weighted by Crippen LogP contribution is 2.28. The number of nitrogens with two attached hydrogens (primary N) is 1. The van der Waals surface area contributed by atoms with Crippen molar-refractivity contribution in [2.75, 3.05) is 12.5 Å². The third kappa shape index (κ3) is 2.92. The van der Waals surface area contributed by atoms with Gasteiger partial charge < -0.3 is 14.9 Å². The van der Waals surface area contributed by atoms with Gasteiger partial charge in [0.05, 0.1) is 12.7 Å². The molecule has 0 atom stereocenters. The van der Waals surface area contributed by atoms with Crippen LogP contribution in [0.5, 0.6) is 17.4 Å². The molecule has 0 radical (unpaired) electrons. The second-order valence-corrected chi connectivity index (χ2v) is 3.97. The minimum Gasteiger partial charge on any atom is -0.497 e. The largest absolute Gasteiger partial charge is 0.497 e. The molecule has 0 bridgehead atoms. The van der Waals surface area contributed by atoms with Gasteiger partial charge in [-0.15, -0.1) is 0 Å². The Balaban J connectivity index is 2.34. The van der Waals surface area contributed by atoms with Gasteiger partial charge in [-0.2, -0.15) is 4.98 Å². The molecule has 0 aliphatic heterocycles. The van der Waals surface area contributed by atoms with E-state index in [1.165, 1.54) is 0 Å². The van der Waals surface area contributed by atoms with Gasteiger partial charge in [0.1, 0.15) is 23.1 Å². The highest BCUT2D eigenvalue weighted by molar-refractivity contribution is 5.49. The van der Waals surface area contributed by atoms with E-state index in [-0.39, 0.29) is 0 Å². The zero-order chi connectivity index (χ0) is 13.8. The third-order valence-electron chi connectivity index (χ3n) is 2.61. The van der Waals surface area contributed by atoms with Crippen molar-refractivity contribution in [3.8, 4) is 17.4 Å². The van der Waals surface area contributed by atoms with Crippen molar-refractivity contribution < 1.29 is 9.47 Å². The number of benzene rings is 1. The first-order valence-corrected chi connectivity index (χ1v) is 5.78. The summed E-state index contributed by atoms with van der Waals surface area (Å²) in [4.78, 5) is 8.44. The van der Waals surface area contributed by atoms with Gasteiger partial charge in [-0.3, -0.25) is 0 Å². The van der Waals surface area contributed by atoms with E-state index in [1.807, 2.05) is 25.1 Å². The number of hydrogen-bond donors (Lipinski definition) is 2. The van der Waals surface area contributed by atoms with Crippen LogP contribution in [0.15, 0.2) is 24.3 Å². The predicted octanol–water partition coefficient (Wildman–Crippen LogP) is 2.18. The fraction of sp³-hybridized carbons (Fsp3) is 0.231. The molecule has 3 N–H and O–H groups in total. The number of ether oxygens (including phenoxy) is 2. The van der Waals surface area contributed by atoms with E-state index in [2.05, 4.69) is 15.4 Å². The Labute approximate surface area is 111 Å². The highest BCUT2D eigenvalue weighted by Gasteiger charge is 2.10. The normalized spacial score (nSPS) is 10.1. The van der Waals surface area contributed by atoms with Gasteiger partial charge in [0.25, 0.3) is 0 Å². The molecule has 0 unspecified atom stereocenters. The van der Waals surface area contributed by atoms with E-state index >= 15 is 0 Å². The Morgan fingerprint density at radius 1 is 1.16 bits per heavy atom. The molecule has 0 amide bonds. The van der Waals surface area contributed by atoms with Crippen LogP contribution < -0.4 is 20.7 Å². The third-order valence-corrected chi connectivity index (χ3v) is 2.61. The molecule has 1 aromatic heterocycles. The maximum Gasteiger partial charge on any atom is 0.227 e. The minimum absolute atomic E-state index is 0.466. The number of nitrogen functional groups attached to an aromatic ring is 1. The summed E-state index contributed by atoms with van der Waals surface area (Å²) in [5, 5.41) is 0. The summed E-state index contributed by atoms with van der Waals surface area (Å²) in [6.07, 6.45) is 0. The Morgan fingerprint density at radius 2 is 1.89 bits per heavy atom. The molecular formula is C13H16N4O2. The Morgan fingerprint density at radius 3 is 2.58 bits per heavy atom. The molecule has 0 aliphatic rings. The summed E-state index contributed by atoms with van der Waals surface area (Å²) in [6.45, 7) is 3.61. The van der Waals surface area contributed by atoms with E-state index in [0.29, 0.717) is 23.3 Å². The number of hydrazine groups is 1. The summed E-state index contributed by atoms with van der Waals surface area (Å²) in [7, 11) is 1.61. The van der Waals surface area contributed by atoms with Crippen LogP contribution in [0.25, 0.3) is 0 Å². The lowest BCUT2D eigenvalue weighted by Crippen LogP contribution is -2.12. The van der Waals surface area contributed by atoms with E-state index in [9.17, 15) is 0 Å². The van der Waals surface area contributed by atoms with Crippen molar-refractivity contribution in [3.63, 3.8) is 0 Å². The lowest BCUT2D eigenvalue weighted by molar-refractivity contribution is 0.406. The summed E-state index contributed by atoms with van der Waals surface area (Å²) in [5.74, 6) is 8.37. The second-order valence-electron chi connectivity index (χ2n) is 3.97. The first-order chi connectivity index (χ1) is 9.13. The minimum atomic E-state index is 0.466. The fourth-order valence-corrected chi connectivity index (χ4v) is 1.62. The number of methoxy groups -OCH3 is 1. The topological polar surface area (TPSA) is 82.3 Å². The molecule has 0 fully saturated rings. The standard InChI is InChI=1S/C13H16N4O2/c1-8-12(17-14)15-9(2)16-13(8)19-11-6-4-5-10(7-11)18-3/h4-7H,14H2,1-3H3,(H,15,16,17). The SMILES string of the molecule is COc1cccc(Oc2nc(C)nc(NN)c2C)c1. The molecule has 6 nitrogen and oxygen atoms in total. The summed E-state index contributed by atoms with van der Waals surface area (Å²) in [6, 6.07) is 7.30. The first kappa shape index (κ1) is 13.1. The first-order valence-electron chi connectivity index (χ1n) is 5.78. The van der Waals surface area contributed by atoms with Gasteiger partial charge in [0.15, 0.2) is 0 Å². The van der Waals surface area contributed by atoms with Gasteiger partial charge in [-0.25, -0.2) is 10.8 Å². The fourth-order valence-electron chi connectivity index (χ4n) is 1.62. The lowest BCUT2D eigenvalue weighted by atomic mass is 10.3. The molecule has 2 aromatic rings. The summed E-state index contributed by atoms with van der Waals surface area (Å²) < 4.78 is 10.9. The summed E-state index contributed by atoms with van der Waals surface area (Å²) in [5.41, 5.74) is 3.28. The number of nitrogens with zero attached hydrogens (tertiary/aromatic N) is 2. The van der Waals surface area contributed by atoms with Crippen LogP contribution in [0.2, 0.25) is 0 Å². The molecule has 2 rings (SSSR count). The van der Waals surface area contributed by atoms with Crippen molar-refractivity contribution in [2.45, 2.75) is 13.8 Å².